The summed E-state index contributed by atoms with van der Waals surface area (Å²) in [7, 11) is 0. The van der Waals surface area contributed by atoms with Gasteiger partial charge in [-0.25, -0.2) is 0 Å². The second kappa shape index (κ2) is 14.7. The highest BCUT2D eigenvalue weighted by molar-refractivity contribution is 5.98. The maximum absolute atomic E-state index is 2.39. The monoisotopic (exact) mass is 741 g/mol. The number of nitrogens with zero attached hydrogens (tertiary/aromatic N) is 1. The van der Waals surface area contributed by atoms with Crippen LogP contribution in [0.15, 0.2) is 218 Å². The molecule has 10 rings (SSSR count). The van der Waals surface area contributed by atoms with Gasteiger partial charge in [-0.3, -0.25) is 0 Å². The lowest BCUT2D eigenvalue weighted by Crippen LogP contribution is -2.16. The number of benzene rings is 9. The van der Waals surface area contributed by atoms with Crippen LogP contribution in [0.25, 0.3) is 66.9 Å². The highest BCUT2D eigenvalue weighted by Gasteiger charge is 2.34. The van der Waals surface area contributed by atoms with Crippen LogP contribution in [0.5, 0.6) is 0 Å². The van der Waals surface area contributed by atoms with Gasteiger partial charge in [0.15, 0.2) is 0 Å². The molecule has 0 bridgehead atoms. The minimum absolute atomic E-state index is 0.106. The van der Waals surface area contributed by atoms with Crippen molar-refractivity contribution in [3.8, 4) is 44.5 Å². The molecule has 0 saturated heterocycles. The highest BCUT2D eigenvalue weighted by atomic mass is 15.1. The maximum Gasteiger partial charge on any atom is 0.0462 e. The van der Waals surface area contributed by atoms with Crippen molar-refractivity contribution in [2.45, 2.75) is 19.3 Å². The largest absolute Gasteiger partial charge is 0.311 e. The zero-order valence-corrected chi connectivity index (χ0v) is 32.8. The molecule has 0 unspecified atom stereocenters. The molecule has 0 spiro atoms. The van der Waals surface area contributed by atoms with Crippen LogP contribution in [0.4, 0.5) is 17.1 Å². The lowest BCUT2D eigenvalue weighted by atomic mass is 9.78. The van der Waals surface area contributed by atoms with E-state index in [9.17, 15) is 0 Å². The lowest BCUT2D eigenvalue weighted by Gasteiger charge is -2.28. The molecular weight excluding hydrogens is 699 g/mol. The molecule has 58 heavy (non-hydrogen) atoms. The van der Waals surface area contributed by atoms with E-state index in [1.165, 1.54) is 77.5 Å². The summed E-state index contributed by atoms with van der Waals surface area (Å²) < 4.78 is 0. The molecule has 9 aromatic carbocycles. The third-order valence-corrected chi connectivity index (χ3v) is 11.9. The first kappa shape index (κ1) is 35.2. The Kier molecular flexibility index (Phi) is 8.92. The summed E-state index contributed by atoms with van der Waals surface area (Å²) in [5, 5.41) is 2.58. The average molecular weight is 742 g/mol. The van der Waals surface area contributed by atoms with E-state index in [1.54, 1.807) is 0 Å². The van der Waals surface area contributed by atoms with E-state index in [4.69, 9.17) is 0 Å². The molecule has 0 saturated carbocycles. The second-order valence-corrected chi connectivity index (χ2v) is 15.8. The maximum atomic E-state index is 2.39. The molecule has 0 heterocycles. The third kappa shape index (κ3) is 6.61. The van der Waals surface area contributed by atoms with Crippen LogP contribution in [0.2, 0.25) is 0 Å². The van der Waals surface area contributed by atoms with E-state index in [1.807, 2.05) is 0 Å². The van der Waals surface area contributed by atoms with Crippen molar-refractivity contribution in [2.75, 3.05) is 4.90 Å². The van der Waals surface area contributed by atoms with Gasteiger partial charge in [-0.2, -0.15) is 0 Å². The second-order valence-electron chi connectivity index (χ2n) is 15.8. The summed E-state index contributed by atoms with van der Waals surface area (Å²) in [5.74, 6) is 0. The van der Waals surface area contributed by atoms with E-state index in [2.05, 4.69) is 243 Å². The SMILES string of the molecule is CC1(C)C(c2ccc(N(c3ccc(-c4ccc(-c5ccccc5)cc4)cc3)c3ccc(-c4ccc(-c5ccccc5)cc4)cc3)cc2)=Cc2cc3ccccc3cc21. The van der Waals surface area contributed by atoms with Crippen molar-refractivity contribution in [1.82, 2.24) is 0 Å². The smallest absolute Gasteiger partial charge is 0.0462 e. The summed E-state index contributed by atoms with van der Waals surface area (Å²) in [6, 6.07) is 79.3. The molecule has 0 aromatic heterocycles. The minimum Gasteiger partial charge on any atom is -0.311 e. The van der Waals surface area contributed by atoms with Crippen LogP contribution in [-0.2, 0) is 5.41 Å². The van der Waals surface area contributed by atoms with Gasteiger partial charge in [0.25, 0.3) is 0 Å². The Bertz CT molecular complexity index is 2760. The summed E-state index contributed by atoms with van der Waals surface area (Å²) in [6.45, 7) is 4.71. The van der Waals surface area contributed by atoms with Gasteiger partial charge in [0.1, 0.15) is 0 Å². The van der Waals surface area contributed by atoms with Crippen LogP contribution < -0.4 is 4.90 Å². The van der Waals surface area contributed by atoms with Gasteiger partial charge >= 0.3 is 0 Å². The molecule has 0 N–H and O–H groups in total. The predicted octanol–water partition coefficient (Wildman–Crippen LogP) is 15.8. The van der Waals surface area contributed by atoms with E-state index < -0.39 is 0 Å². The van der Waals surface area contributed by atoms with Crippen molar-refractivity contribution in [3.05, 3.63) is 235 Å². The first-order valence-corrected chi connectivity index (χ1v) is 20.2. The molecule has 0 radical (unpaired) electrons. The minimum atomic E-state index is -0.106. The first-order chi connectivity index (χ1) is 28.5. The van der Waals surface area contributed by atoms with Gasteiger partial charge in [0.2, 0.25) is 0 Å². The Balaban J connectivity index is 0.978. The normalized spacial score (nSPS) is 12.9. The van der Waals surface area contributed by atoms with Gasteiger partial charge in [0.05, 0.1) is 0 Å². The van der Waals surface area contributed by atoms with Crippen molar-refractivity contribution in [1.29, 1.82) is 0 Å². The Hall–Kier alpha value is -7.22. The number of anilines is 3. The number of hydrogen-bond acceptors (Lipinski definition) is 1. The summed E-state index contributed by atoms with van der Waals surface area (Å²) in [4.78, 5) is 2.37. The summed E-state index contributed by atoms with van der Waals surface area (Å²) in [5.41, 5.74) is 18.2. The molecule has 1 aliphatic rings. The van der Waals surface area contributed by atoms with Crippen LogP contribution in [0.1, 0.15) is 30.5 Å². The van der Waals surface area contributed by atoms with Crippen LogP contribution in [0, 0.1) is 0 Å². The van der Waals surface area contributed by atoms with Gasteiger partial charge in [-0.05, 0) is 132 Å². The summed E-state index contributed by atoms with van der Waals surface area (Å²) >= 11 is 0. The first-order valence-electron chi connectivity index (χ1n) is 20.2. The fourth-order valence-electron chi connectivity index (χ4n) is 8.66. The molecule has 1 heteroatoms. The predicted molar refractivity (Wildman–Crippen MR) is 248 cm³/mol. The molecule has 1 aliphatic carbocycles. The van der Waals surface area contributed by atoms with E-state index in [0.717, 1.165) is 17.1 Å². The Morgan fingerprint density at radius 1 is 0.310 bits per heavy atom. The van der Waals surface area contributed by atoms with Gasteiger partial charge < -0.3 is 4.90 Å². The van der Waals surface area contributed by atoms with E-state index in [0.29, 0.717) is 0 Å². The van der Waals surface area contributed by atoms with Crippen molar-refractivity contribution in [3.63, 3.8) is 0 Å². The number of rotatable bonds is 8. The Morgan fingerprint density at radius 2 is 0.621 bits per heavy atom. The number of allylic oxidation sites excluding steroid dienone is 1. The molecular formula is C57H43N. The van der Waals surface area contributed by atoms with Gasteiger partial charge in [0, 0.05) is 22.5 Å². The fourth-order valence-corrected chi connectivity index (χ4v) is 8.66. The molecule has 0 fully saturated rings. The van der Waals surface area contributed by atoms with E-state index in [-0.39, 0.29) is 5.41 Å². The topological polar surface area (TPSA) is 3.24 Å². The van der Waals surface area contributed by atoms with Crippen LogP contribution in [0.3, 0.4) is 0 Å². The van der Waals surface area contributed by atoms with Crippen LogP contribution in [-0.4, -0.2) is 0 Å². The number of hydrogen-bond donors (Lipinski definition) is 0. The summed E-state index contributed by atoms with van der Waals surface area (Å²) in [6.07, 6.45) is 2.39. The molecule has 0 atom stereocenters. The molecule has 276 valence electrons. The lowest BCUT2D eigenvalue weighted by molar-refractivity contribution is 0.705. The van der Waals surface area contributed by atoms with Crippen LogP contribution >= 0.6 is 0 Å². The van der Waals surface area contributed by atoms with E-state index >= 15 is 0 Å². The van der Waals surface area contributed by atoms with Gasteiger partial charge in [-0.15, -0.1) is 0 Å². The average Bonchev–Trinajstić information content (AvgIpc) is 3.55. The quantitative estimate of drug-likeness (QED) is 0.150. The standard InChI is InChI=1S/C57H43N/c1-57(2)55(39-51-37-49-15-9-10-16-50(49)38-56(51)57)48-29-35-54(36-30-48)58(52-31-25-46(26-32-52)44-21-17-42(18-22-44)40-11-5-3-6-12-40)53-33-27-47(28-34-53)45-23-19-43(20-24-45)41-13-7-4-8-14-41/h3-39H,1-2H3. The van der Waals surface area contributed by atoms with Gasteiger partial charge in [-0.1, -0.05) is 184 Å². The third-order valence-electron chi connectivity index (χ3n) is 11.9. The number of fused-ring (bicyclic) bond motifs is 2. The zero-order valence-electron chi connectivity index (χ0n) is 32.8. The molecule has 0 amide bonds. The van der Waals surface area contributed by atoms with Crippen molar-refractivity contribution >= 4 is 39.5 Å². The molecule has 0 aliphatic heterocycles. The Morgan fingerprint density at radius 3 is 1.02 bits per heavy atom. The highest BCUT2D eigenvalue weighted by Crippen LogP contribution is 2.48. The molecule has 1 nitrogen and oxygen atoms in total. The fraction of sp³-hybridized carbons (Fsp3) is 0.0526. The van der Waals surface area contributed by atoms with Crippen molar-refractivity contribution in [2.24, 2.45) is 0 Å². The Labute approximate surface area is 341 Å². The van der Waals surface area contributed by atoms with Crippen molar-refractivity contribution < 1.29 is 0 Å². The zero-order chi connectivity index (χ0) is 39.1. The molecule has 9 aromatic rings.